The van der Waals surface area contributed by atoms with Gasteiger partial charge in [0.05, 0.1) is 17.4 Å². The lowest BCUT2D eigenvalue weighted by Gasteiger charge is -2.27. The summed E-state index contributed by atoms with van der Waals surface area (Å²) in [6, 6.07) is 16.0. The van der Waals surface area contributed by atoms with E-state index >= 15 is 0 Å². The number of rotatable bonds is 6. The summed E-state index contributed by atoms with van der Waals surface area (Å²) in [5, 5.41) is 14.2. The number of hydrogen-bond acceptors (Lipinski definition) is 3. The molecule has 5 heteroatoms. The molecule has 0 aliphatic heterocycles. The number of nitrogens with zero attached hydrogens (tertiary/aromatic N) is 1. The largest absolute Gasteiger partial charge is 0.349 e. The molecule has 0 saturated heterocycles. The maximum atomic E-state index is 12.5. The van der Waals surface area contributed by atoms with Gasteiger partial charge < -0.3 is 5.32 Å². The first-order valence-electron chi connectivity index (χ1n) is 8.33. The predicted octanol–water partition coefficient (Wildman–Crippen LogP) is 4.43. The van der Waals surface area contributed by atoms with E-state index in [1.807, 2.05) is 30.3 Å². The Morgan fingerprint density at radius 3 is 2.28 bits per heavy atom. The van der Waals surface area contributed by atoms with Gasteiger partial charge in [-0.25, -0.2) is 0 Å². The van der Waals surface area contributed by atoms with Crippen LogP contribution in [-0.4, -0.2) is 10.8 Å². The van der Waals surface area contributed by atoms with Crippen LogP contribution in [0.25, 0.3) is 0 Å². The number of para-hydroxylation sites is 1. The first-order chi connectivity index (χ1) is 11.8. The lowest BCUT2D eigenvalue weighted by molar-refractivity contribution is -0.385. The Kier molecular flexibility index (Phi) is 5.91. The Hall–Kier alpha value is -2.69. The number of hydrogen-bond donors (Lipinski definition) is 1. The zero-order valence-electron chi connectivity index (χ0n) is 14.9. The summed E-state index contributed by atoms with van der Waals surface area (Å²) in [6.07, 6.45) is 0.768. The average Bonchev–Trinajstić information content (AvgIpc) is 2.54. The van der Waals surface area contributed by atoms with Crippen LogP contribution in [0.3, 0.4) is 0 Å². The van der Waals surface area contributed by atoms with Gasteiger partial charge in [-0.3, -0.25) is 14.9 Å². The minimum atomic E-state index is -0.452. The second kappa shape index (κ2) is 7.92. The molecule has 0 bridgehead atoms. The zero-order chi connectivity index (χ0) is 18.4. The maximum absolute atomic E-state index is 12.5. The molecule has 132 valence electrons. The Morgan fingerprint density at radius 2 is 1.68 bits per heavy atom. The molecule has 2 aromatic carbocycles. The SMILES string of the molecule is CC(C)(C)CC(NC(=O)Cc1ccccc1[N+](=O)[O-])c1ccccc1. The Labute approximate surface area is 148 Å². The number of nitro benzene ring substituents is 1. The second-order valence-corrected chi connectivity index (χ2v) is 7.36. The topological polar surface area (TPSA) is 72.2 Å². The van der Waals surface area contributed by atoms with Crippen molar-refractivity contribution in [2.24, 2.45) is 5.41 Å². The molecule has 0 aliphatic carbocycles. The fourth-order valence-corrected chi connectivity index (χ4v) is 2.81. The summed E-state index contributed by atoms with van der Waals surface area (Å²) in [5.41, 5.74) is 1.47. The molecule has 0 aromatic heterocycles. The first-order valence-corrected chi connectivity index (χ1v) is 8.33. The summed E-state index contributed by atoms with van der Waals surface area (Å²) in [6.45, 7) is 6.37. The fourth-order valence-electron chi connectivity index (χ4n) is 2.81. The van der Waals surface area contributed by atoms with Crippen LogP contribution in [0.15, 0.2) is 54.6 Å². The summed E-state index contributed by atoms with van der Waals surface area (Å²) in [7, 11) is 0. The van der Waals surface area contributed by atoms with Gasteiger partial charge >= 0.3 is 0 Å². The predicted molar refractivity (Wildman–Crippen MR) is 98.2 cm³/mol. The van der Waals surface area contributed by atoms with Crippen molar-refractivity contribution in [3.63, 3.8) is 0 Å². The molecule has 5 nitrogen and oxygen atoms in total. The number of nitro groups is 1. The van der Waals surface area contributed by atoms with Crippen molar-refractivity contribution in [1.82, 2.24) is 5.32 Å². The van der Waals surface area contributed by atoms with Crippen LogP contribution in [0.2, 0.25) is 0 Å². The highest BCUT2D eigenvalue weighted by Crippen LogP contribution is 2.29. The van der Waals surface area contributed by atoms with E-state index in [1.165, 1.54) is 6.07 Å². The third kappa shape index (κ3) is 5.71. The molecule has 1 unspecified atom stereocenters. The highest BCUT2D eigenvalue weighted by molar-refractivity contribution is 5.80. The van der Waals surface area contributed by atoms with Crippen LogP contribution in [0, 0.1) is 15.5 Å². The molecular formula is C20H24N2O3. The van der Waals surface area contributed by atoms with Gasteiger partial charge in [0.2, 0.25) is 5.91 Å². The Balaban J connectivity index is 2.16. The van der Waals surface area contributed by atoms with Crippen LogP contribution >= 0.6 is 0 Å². The lowest BCUT2D eigenvalue weighted by atomic mass is 9.85. The third-order valence-electron chi connectivity index (χ3n) is 3.89. The highest BCUT2D eigenvalue weighted by atomic mass is 16.6. The normalized spacial score (nSPS) is 12.4. The molecule has 1 N–H and O–H groups in total. The van der Waals surface area contributed by atoms with Gasteiger partial charge in [-0.1, -0.05) is 69.3 Å². The van der Waals surface area contributed by atoms with Gasteiger partial charge in [0.25, 0.3) is 5.69 Å². The molecule has 0 heterocycles. The average molecular weight is 340 g/mol. The van der Waals surface area contributed by atoms with E-state index in [2.05, 4.69) is 26.1 Å². The molecule has 0 radical (unpaired) electrons. The van der Waals surface area contributed by atoms with Gasteiger partial charge in [0, 0.05) is 11.6 Å². The number of nitrogens with one attached hydrogen (secondary N) is 1. The van der Waals surface area contributed by atoms with E-state index in [0.29, 0.717) is 5.56 Å². The highest BCUT2D eigenvalue weighted by Gasteiger charge is 2.23. The summed E-state index contributed by atoms with van der Waals surface area (Å²) < 4.78 is 0. The van der Waals surface area contributed by atoms with E-state index in [1.54, 1.807) is 18.2 Å². The van der Waals surface area contributed by atoms with E-state index < -0.39 is 4.92 Å². The smallest absolute Gasteiger partial charge is 0.273 e. The van der Waals surface area contributed by atoms with Crippen molar-refractivity contribution < 1.29 is 9.72 Å². The van der Waals surface area contributed by atoms with E-state index in [4.69, 9.17) is 0 Å². The summed E-state index contributed by atoms with van der Waals surface area (Å²) >= 11 is 0. The lowest BCUT2D eigenvalue weighted by Crippen LogP contribution is -2.32. The van der Waals surface area contributed by atoms with Crippen LogP contribution < -0.4 is 5.32 Å². The van der Waals surface area contributed by atoms with Crippen molar-refractivity contribution in [3.8, 4) is 0 Å². The van der Waals surface area contributed by atoms with Gasteiger partial charge in [-0.2, -0.15) is 0 Å². The van der Waals surface area contributed by atoms with E-state index in [9.17, 15) is 14.9 Å². The van der Waals surface area contributed by atoms with Gasteiger partial charge in [0.1, 0.15) is 0 Å². The molecule has 0 aliphatic rings. The Morgan fingerprint density at radius 1 is 1.08 bits per heavy atom. The van der Waals surface area contributed by atoms with Crippen molar-refractivity contribution in [2.75, 3.05) is 0 Å². The van der Waals surface area contributed by atoms with Crippen molar-refractivity contribution >= 4 is 11.6 Å². The molecule has 0 fully saturated rings. The summed E-state index contributed by atoms with van der Waals surface area (Å²) in [4.78, 5) is 23.2. The fraction of sp³-hybridized carbons (Fsp3) is 0.350. The molecule has 2 rings (SSSR count). The number of benzene rings is 2. The van der Waals surface area contributed by atoms with E-state index in [0.717, 1.165) is 12.0 Å². The number of carbonyl (C=O) groups excluding carboxylic acids is 1. The van der Waals surface area contributed by atoms with Crippen LogP contribution in [0.4, 0.5) is 5.69 Å². The van der Waals surface area contributed by atoms with Gasteiger partial charge in [-0.15, -0.1) is 0 Å². The molecule has 0 saturated carbocycles. The number of amides is 1. The molecule has 0 spiro atoms. The van der Waals surface area contributed by atoms with Crippen LogP contribution in [0.1, 0.15) is 44.4 Å². The van der Waals surface area contributed by atoms with Gasteiger partial charge in [-0.05, 0) is 17.4 Å². The van der Waals surface area contributed by atoms with Crippen molar-refractivity contribution in [1.29, 1.82) is 0 Å². The monoisotopic (exact) mass is 340 g/mol. The summed E-state index contributed by atoms with van der Waals surface area (Å²) in [5.74, 6) is -0.215. The molecular weight excluding hydrogens is 316 g/mol. The quantitative estimate of drug-likeness (QED) is 0.624. The zero-order valence-corrected chi connectivity index (χ0v) is 14.9. The molecule has 1 amide bonds. The maximum Gasteiger partial charge on any atom is 0.273 e. The second-order valence-electron chi connectivity index (χ2n) is 7.36. The minimum absolute atomic E-state index is 0.00930. The molecule has 2 aromatic rings. The van der Waals surface area contributed by atoms with Crippen LogP contribution in [-0.2, 0) is 11.2 Å². The first kappa shape index (κ1) is 18.6. The van der Waals surface area contributed by atoms with E-state index in [-0.39, 0.29) is 29.5 Å². The van der Waals surface area contributed by atoms with Crippen LogP contribution in [0.5, 0.6) is 0 Å². The third-order valence-corrected chi connectivity index (χ3v) is 3.89. The standard InChI is InChI=1S/C20H24N2O3/c1-20(2,3)14-17(15-9-5-4-6-10-15)21-19(23)13-16-11-7-8-12-18(16)22(24)25/h4-12,17H,13-14H2,1-3H3,(H,21,23). The minimum Gasteiger partial charge on any atom is -0.349 e. The van der Waals surface area contributed by atoms with Crippen molar-refractivity contribution in [2.45, 2.75) is 39.7 Å². The van der Waals surface area contributed by atoms with Crippen molar-refractivity contribution in [3.05, 3.63) is 75.8 Å². The number of carbonyl (C=O) groups is 1. The van der Waals surface area contributed by atoms with Gasteiger partial charge in [0.15, 0.2) is 0 Å². The molecule has 25 heavy (non-hydrogen) atoms. The molecule has 1 atom stereocenters. The Bertz CT molecular complexity index is 736.